The molecule has 1 amide bonds. The first-order valence-corrected chi connectivity index (χ1v) is 6.20. The van der Waals surface area contributed by atoms with Gasteiger partial charge >= 0.3 is 0 Å². The minimum atomic E-state index is -0.0674. The Bertz CT molecular complexity index is 330. The number of rotatable bonds is 6. The second kappa shape index (κ2) is 6.59. The van der Waals surface area contributed by atoms with Crippen molar-refractivity contribution in [3.8, 4) is 0 Å². The molecule has 0 saturated heterocycles. The van der Waals surface area contributed by atoms with Gasteiger partial charge in [0.25, 0.3) is 5.91 Å². The van der Waals surface area contributed by atoms with Crippen LogP contribution in [0.15, 0.2) is 16.5 Å². The van der Waals surface area contributed by atoms with E-state index in [4.69, 9.17) is 16.0 Å². The number of amides is 1. The van der Waals surface area contributed by atoms with Gasteiger partial charge in [0.1, 0.15) is 5.76 Å². The highest BCUT2D eigenvalue weighted by atomic mass is 35.5. The highest BCUT2D eigenvalue weighted by Gasteiger charge is 2.17. The van der Waals surface area contributed by atoms with Gasteiger partial charge < -0.3 is 9.32 Å². The van der Waals surface area contributed by atoms with Gasteiger partial charge in [0, 0.05) is 25.4 Å². The molecule has 1 aromatic rings. The summed E-state index contributed by atoms with van der Waals surface area (Å²) >= 11 is 5.67. The number of carbonyl (C=O) groups excluding carboxylic acids is 1. The third kappa shape index (κ3) is 3.27. The predicted molar refractivity (Wildman–Crippen MR) is 65.0 cm³/mol. The second-order valence-corrected chi connectivity index (χ2v) is 3.98. The van der Waals surface area contributed by atoms with E-state index in [0.717, 1.165) is 18.6 Å². The topological polar surface area (TPSA) is 33.5 Å². The molecule has 0 aliphatic rings. The van der Waals surface area contributed by atoms with Crippen LogP contribution in [0.2, 0.25) is 0 Å². The maximum atomic E-state index is 12.0. The lowest BCUT2D eigenvalue weighted by Gasteiger charge is -2.19. The summed E-state index contributed by atoms with van der Waals surface area (Å²) in [6.45, 7) is 5.31. The standard InChI is InChI=1S/C12H18ClNO2/c1-3-8-14(9-7-13)12(15)11-6-5-10(4-2)16-11/h5-6H,3-4,7-9H2,1-2H3. The van der Waals surface area contributed by atoms with Crippen LogP contribution in [-0.2, 0) is 6.42 Å². The van der Waals surface area contributed by atoms with Crippen LogP contribution in [0.25, 0.3) is 0 Å². The summed E-state index contributed by atoms with van der Waals surface area (Å²) in [4.78, 5) is 13.8. The molecule has 0 aromatic carbocycles. The number of furan rings is 1. The van der Waals surface area contributed by atoms with Crippen molar-refractivity contribution in [2.75, 3.05) is 19.0 Å². The number of hydrogen-bond donors (Lipinski definition) is 0. The van der Waals surface area contributed by atoms with Gasteiger partial charge in [-0.15, -0.1) is 11.6 Å². The highest BCUT2D eigenvalue weighted by Crippen LogP contribution is 2.11. The number of nitrogens with zero attached hydrogens (tertiary/aromatic N) is 1. The monoisotopic (exact) mass is 243 g/mol. The largest absolute Gasteiger partial charge is 0.456 e. The SMILES string of the molecule is CCCN(CCCl)C(=O)c1ccc(CC)o1. The van der Waals surface area contributed by atoms with Gasteiger partial charge in [0.05, 0.1) is 0 Å². The van der Waals surface area contributed by atoms with Gasteiger partial charge in [-0.2, -0.15) is 0 Å². The van der Waals surface area contributed by atoms with Crippen molar-refractivity contribution in [3.63, 3.8) is 0 Å². The van der Waals surface area contributed by atoms with E-state index >= 15 is 0 Å². The molecule has 4 heteroatoms. The first-order valence-electron chi connectivity index (χ1n) is 5.66. The maximum absolute atomic E-state index is 12.0. The minimum absolute atomic E-state index is 0.0674. The van der Waals surface area contributed by atoms with Gasteiger partial charge in [-0.3, -0.25) is 4.79 Å². The fourth-order valence-corrected chi connectivity index (χ4v) is 1.73. The van der Waals surface area contributed by atoms with Crippen LogP contribution in [0.4, 0.5) is 0 Å². The molecule has 3 nitrogen and oxygen atoms in total. The third-order valence-electron chi connectivity index (χ3n) is 2.36. The molecule has 0 saturated carbocycles. The molecule has 1 heterocycles. The van der Waals surface area contributed by atoms with Gasteiger partial charge in [0.2, 0.25) is 0 Å². The molecule has 0 aliphatic heterocycles. The van der Waals surface area contributed by atoms with Crippen molar-refractivity contribution in [3.05, 3.63) is 23.7 Å². The fourth-order valence-electron chi connectivity index (χ4n) is 1.53. The van der Waals surface area contributed by atoms with Gasteiger partial charge in [-0.05, 0) is 18.6 Å². The van der Waals surface area contributed by atoms with Crippen molar-refractivity contribution in [1.29, 1.82) is 0 Å². The van der Waals surface area contributed by atoms with E-state index < -0.39 is 0 Å². The lowest BCUT2D eigenvalue weighted by Crippen LogP contribution is -2.33. The first kappa shape index (κ1) is 13.1. The molecule has 90 valence electrons. The predicted octanol–water partition coefficient (Wildman–Crippen LogP) is 2.93. The van der Waals surface area contributed by atoms with E-state index in [1.54, 1.807) is 11.0 Å². The molecule has 0 atom stereocenters. The molecule has 16 heavy (non-hydrogen) atoms. The molecule has 0 bridgehead atoms. The van der Waals surface area contributed by atoms with Crippen LogP contribution in [0, 0.1) is 0 Å². The van der Waals surface area contributed by atoms with E-state index in [1.807, 2.05) is 19.9 Å². The molecule has 1 aromatic heterocycles. The van der Waals surface area contributed by atoms with Crippen molar-refractivity contribution in [2.45, 2.75) is 26.7 Å². The third-order valence-corrected chi connectivity index (χ3v) is 2.53. The summed E-state index contributed by atoms with van der Waals surface area (Å²) < 4.78 is 5.43. The number of halogens is 1. The van der Waals surface area contributed by atoms with E-state index in [1.165, 1.54) is 0 Å². The van der Waals surface area contributed by atoms with Gasteiger partial charge in [0.15, 0.2) is 5.76 Å². The normalized spacial score (nSPS) is 10.4. The van der Waals surface area contributed by atoms with Crippen LogP contribution < -0.4 is 0 Å². The van der Waals surface area contributed by atoms with Crippen LogP contribution >= 0.6 is 11.6 Å². The second-order valence-electron chi connectivity index (χ2n) is 3.60. The Morgan fingerprint density at radius 1 is 1.38 bits per heavy atom. The number of carbonyl (C=O) groups is 1. The van der Waals surface area contributed by atoms with E-state index in [-0.39, 0.29) is 5.91 Å². The maximum Gasteiger partial charge on any atom is 0.289 e. The summed E-state index contributed by atoms with van der Waals surface area (Å²) in [5.41, 5.74) is 0. The molecular weight excluding hydrogens is 226 g/mol. The zero-order chi connectivity index (χ0) is 12.0. The summed E-state index contributed by atoms with van der Waals surface area (Å²) in [5, 5.41) is 0. The Kier molecular flexibility index (Phi) is 5.39. The smallest absolute Gasteiger partial charge is 0.289 e. The molecule has 0 aliphatic carbocycles. The molecule has 0 unspecified atom stereocenters. The lowest BCUT2D eigenvalue weighted by molar-refractivity contribution is 0.0732. The molecular formula is C12H18ClNO2. The Morgan fingerprint density at radius 2 is 2.12 bits per heavy atom. The van der Waals surface area contributed by atoms with E-state index in [9.17, 15) is 4.79 Å². The van der Waals surface area contributed by atoms with Crippen molar-refractivity contribution >= 4 is 17.5 Å². The molecule has 0 fully saturated rings. The summed E-state index contributed by atoms with van der Waals surface area (Å²) in [6, 6.07) is 3.58. The quantitative estimate of drug-likeness (QED) is 0.720. The van der Waals surface area contributed by atoms with E-state index in [2.05, 4.69) is 0 Å². The summed E-state index contributed by atoms with van der Waals surface area (Å²) in [6.07, 6.45) is 1.72. The summed E-state index contributed by atoms with van der Waals surface area (Å²) in [7, 11) is 0. The lowest BCUT2D eigenvalue weighted by atomic mass is 10.3. The van der Waals surface area contributed by atoms with Crippen molar-refractivity contribution in [1.82, 2.24) is 4.90 Å². The Labute approximate surface area is 101 Å². The van der Waals surface area contributed by atoms with Crippen molar-refractivity contribution in [2.24, 2.45) is 0 Å². The van der Waals surface area contributed by atoms with Crippen LogP contribution in [0.1, 0.15) is 36.6 Å². The molecule has 0 N–H and O–H groups in total. The number of hydrogen-bond acceptors (Lipinski definition) is 2. The Balaban J connectivity index is 2.72. The van der Waals surface area contributed by atoms with Crippen LogP contribution in [0.5, 0.6) is 0 Å². The average Bonchev–Trinajstić information content (AvgIpc) is 2.76. The number of alkyl halides is 1. The zero-order valence-electron chi connectivity index (χ0n) is 9.83. The Hall–Kier alpha value is -0.960. The van der Waals surface area contributed by atoms with Crippen LogP contribution in [0.3, 0.4) is 0 Å². The first-order chi connectivity index (χ1) is 7.72. The van der Waals surface area contributed by atoms with Gasteiger partial charge in [-0.1, -0.05) is 13.8 Å². The highest BCUT2D eigenvalue weighted by molar-refractivity contribution is 6.18. The minimum Gasteiger partial charge on any atom is -0.456 e. The van der Waals surface area contributed by atoms with Crippen molar-refractivity contribution < 1.29 is 9.21 Å². The fraction of sp³-hybridized carbons (Fsp3) is 0.583. The zero-order valence-corrected chi connectivity index (χ0v) is 10.6. The Morgan fingerprint density at radius 3 is 2.62 bits per heavy atom. The average molecular weight is 244 g/mol. The van der Waals surface area contributed by atoms with Crippen LogP contribution in [-0.4, -0.2) is 29.8 Å². The molecule has 0 spiro atoms. The molecule has 1 rings (SSSR count). The number of aryl methyl sites for hydroxylation is 1. The van der Waals surface area contributed by atoms with Gasteiger partial charge in [-0.25, -0.2) is 0 Å². The van der Waals surface area contributed by atoms with E-state index in [0.29, 0.717) is 24.7 Å². The summed E-state index contributed by atoms with van der Waals surface area (Å²) in [5.74, 6) is 1.64. The molecule has 0 radical (unpaired) electrons.